The van der Waals surface area contributed by atoms with Gasteiger partial charge < -0.3 is 5.32 Å². The van der Waals surface area contributed by atoms with E-state index in [1.807, 2.05) is 0 Å². The Kier molecular flexibility index (Phi) is 5.81. The van der Waals surface area contributed by atoms with Crippen molar-refractivity contribution in [1.82, 2.24) is 25.5 Å². The van der Waals surface area contributed by atoms with E-state index in [0.717, 1.165) is 37.0 Å². The van der Waals surface area contributed by atoms with E-state index in [1.54, 1.807) is 16.4 Å². The standard InChI is InChI=1S/C9H15N5S/c1-3-5-8-15-9-11-12-13-14(9)7-6-10-4-2/h1,10H,4-8H2,2H3. The molecule has 0 aromatic carbocycles. The van der Waals surface area contributed by atoms with Crippen molar-refractivity contribution in [2.24, 2.45) is 0 Å². The SMILES string of the molecule is C#CCCSc1nnnn1CCNCC. The predicted molar refractivity (Wildman–Crippen MR) is 60.5 cm³/mol. The number of rotatable bonds is 7. The third-order valence-electron chi connectivity index (χ3n) is 1.73. The third kappa shape index (κ3) is 4.32. The monoisotopic (exact) mass is 225 g/mol. The molecule has 5 nitrogen and oxygen atoms in total. The van der Waals surface area contributed by atoms with Crippen molar-refractivity contribution in [1.29, 1.82) is 0 Å². The fourth-order valence-corrected chi connectivity index (χ4v) is 1.78. The van der Waals surface area contributed by atoms with E-state index in [0.29, 0.717) is 0 Å². The molecule has 1 aromatic rings. The largest absolute Gasteiger partial charge is 0.315 e. The molecule has 82 valence electrons. The van der Waals surface area contributed by atoms with Crippen LogP contribution in [0.3, 0.4) is 0 Å². The molecular formula is C9H15N5S. The summed E-state index contributed by atoms with van der Waals surface area (Å²) < 4.78 is 1.80. The lowest BCUT2D eigenvalue weighted by Crippen LogP contribution is -2.20. The van der Waals surface area contributed by atoms with E-state index in [9.17, 15) is 0 Å². The van der Waals surface area contributed by atoms with E-state index in [1.165, 1.54) is 0 Å². The number of tetrazole rings is 1. The zero-order chi connectivity index (χ0) is 10.9. The maximum atomic E-state index is 5.17. The molecule has 0 aliphatic heterocycles. The minimum absolute atomic E-state index is 0.741. The second-order valence-corrected chi connectivity index (χ2v) is 3.90. The third-order valence-corrected chi connectivity index (χ3v) is 2.69. The van der Waals surface area contributed by atoms with Crippen LogP contribution in [-0.2, 0) is 6.54 Å². The van der Waals surface area contributed by atoms with Crippen LogP contribution in [0.4, 0.5) is 0 Å². The Morgan fingerprint density at radius 3 is 3.20 bits per heavy atom. The Bertz CT molecular complexity index is 317. The second-order valence-electron chi connectivity index (χ2n) is 2.84. The highest BCUT2D eigenvalue weighted by molar-refractivity contribution is 7.99. The highest BCUT2D eigenvalue weighted by Gasteiger charge is 2.04. The molecule has 0 saturated heterocycles. The quantitative estimate of drug-likeness (QED) is 0.413. The lowest BCUT2D eigenvalue weighted by Gasteiger charge is -2.03. The number of likely N-dealkylation sites (N-methyl/N-ethyl adjacent to an activating group) is 1. The van der Waals surface area contributed by atoms with Crippen molar-refractivity contribution in [3.05, 3.63) is 0 Å². The minimum atomic E-state index is 0.741. The van der Waals surface area contributed by atoms with Gasteiger partial charge in [-0.05, 0) is 17.0 Å². The van der Waals surface area contributed by atoms with E-state index in [-0.39, 0.29) is 0 Å². The summed E-state index contributed by atoms with van der Waals surface area (Å²) in [6.45, 7) is 4.70. The molecule has 0 aliphatic carbocycles. The maximum absolute atomic E-state index is 5.17. The summed E-state index contributed by atoms with van der Waals surface area (Å²) >= 11 is 1.59. The van der Waals surface area contributed by atoms with Gasteiger partial charge in [0, 0.05) is 18.7 Å². The molecule has 0 spiro atoms. The van der Waals surface area contributed by atoms with Gasteiger partial charge in [-0.1, -0.05) is 18.7 Å². The fourth-order valence-electron chi connectivity index (χ4n) is 1.00. The Balaban J connectivity index is 2.36. The molecule has 15 heavy (non-hydrogen) atoms. The van der Waals surface area contributed by atoms with Crippen molar-refractivity contribution >= 4 is 11.8 Å². The normalized spacial score (nSPS) is 10.1. The summed E-state index contributed by atoms with van der Waals surface area (Å²) in [6.07, 6.45) is 5.91. The van der Waals surface area contributed by atoms with Crippen LogP contribution in [-0.4, -0.2) is 39.0 Å². The topological polar surface area (TPSA) is 55.6 Å². The summed E-state index contributed by atoms with van der Waals surface area (Å²) in [5, 5.41) is 15.5. The smallest absolute Gasteiger partial charge is 0.209 e. The van der Waals surface area contributed by atoms with Crippen LogP contribution < -0.4 is 5.32 Å². The van der Waals surface area contributed by atoms with Crippen LogP contribution >= 0.6 is 11.8 Å². The molecule has 0 amide bonds. The number of hydrogen-bond donors (Lipinski definition) is 1. The first-order valence-electron chi connectivity index (χ1n) is 4.91. The molecule has 0 unspecified atom stereocenters. The van der Waals surface area contributed by atoms with Crippen LogP contribution in [0.15, 0.2) is 5.16 Å². The van der Waals surface area contributed by atoms with Gasteiger partial charge in [-0.25, -0.2) is 4.68 Å². The molecule has 0 radical (unpaired) electrons. The summed E-state index contributed by atoms with van der Waals surface area (Å²) in [5.74, 6) is 3.45. The molecule has 1 rings (SSSR count). The van der Waals surface area contributed by atoms with E-state index in [2.05, 4.69) is 33.7 Å². The van der Waals surface area contributed by atoms with Crippen LogP contribution in [0, 0.1) is 12.3 Å². The average molecular weight is 225 g/mol. The van der Waals surface area contributed by atoms with Crippen molar-refractivity contribution in [2.45, 2.75) is 25.0 Å². The highest BCUT2D eigenvalue weighted by atomic mass is 32.2. The van der Waals surface area contributed by atoms with E-state index >= 15 is 0 Å². The van der Waals surface area contributed by atoms with Gasteiger partial charge in [0.15, 0.2) is 0 Å². The summed E-state index contributed by atoms with van der Waals surface area (Å²) in [4.78, 5) is 0. The van der Waals surface area contributed by atoms with Crippen LogP contribution in [0.5, 0.6) is 0 Å². The molecular weight excluding hydrogens is 210 g/mol. The lowest BCUT2D eigenvalue weighted by molar-refractivity contribution is 0.517. The van der Waals surface area contributed by atoms with Crippen LogP contribution in [0.2, 0.25) is 0 Å². The number of hydrogen-bond acceptors (Lipinski definition) is 5. The van der Waals surface area contributed by atoms with Gasteiger partial charge in [0.05, 0.1) is 6.54 Å². The zero-order valence-corrected chi connectivity index (χ0v) is 9.63. The van der Waals surface area contributed by atoms with E-state index in [4.69, 9.17) is 6.42 Å². The maximum Gasteiger partial charge on any atom is 0.209 e. The number of thioether (sulfide) groups is 1. The first-order chi connectivity index (χ1) is 7.38. The Morgan fingerprint density at radius 1 is 1.60 bits per heavy atom. The van der Waals surface area contributed by atoms with E-state index < -0.39 is 0 Å². The Hall–Kier alpha value is -1.06. The lowest BCUT2D eigenvalue weighted by atomic mass is 10.5. The molecule has 6 heteroatoms. The van der Waals surface area contributed by atoms with Gasteiger partial charge in [0.25, 0.3) is 0 Å². The van der Waals surface area contributed by atoms with Gasteiger partial charge >= 0.3 is 0 Å². The molecule has 1 N–H and O–H groups in total. The zero-order valence-electron chi connectivity index (χ0n) is 8.81. The van der Waals surface area contributed by atoms with Gasteiger partial charge in [0.2, 0.25) is 5.16 Å². The predicted octanol–water partition coefficient (Wildman–Crippen LogP) is 0.398. The highest BCUT2D eigenvalue weighted by Crippen LogP contribution is 2.13. The Morgan fingerprint density at radius 2 is 2.47 bits per heavy atom. The average Bonchev–Trinajstić information content (AvgIpc) is 2.67. The van der Waals surface area contributed by atoms with Gasteiger partial charge in [-0.15, -0.1) is 17.4 Å². The van der Waals surface area contributed by atoms with Crippen molar-refractivity contribution < 1.29 is 0 Å². The molecule has 0 atom stereocenters. The first kappa shape index (κ1) is 12.0. The van der Waals surface area contributed by atoms with Gasteiger partial charge in [-0.3, -0.25) is 0 Å². The summed E-state index contributed by atoms with van der Waals surface area (Å²) in [7, 11) is 0. The van der Waals surface area contributed by atoms with Gasteiger partial charge in [-0.2, -0.15) is 0 Å². The first-order valence-corrected chi connectivity index (χ1v) is 5.90. The molecule has 0 aliphatic rings. The van der Waals surface area contributed by atoms with Crippen LogP contribution in [0.25, 0.3) is 0 Å². The summed E-state index contributed by atoms with van der Waals surface area (Å²) in [5.41, 5.74) is 0. The van der Waals surface area contributed by atoms with Crippen molar-refractivity contribution in [3.63, 3.8) is 0 Å². The van der Waals surface area contributed by atoms with Crippen molar-refractivity contribution in [2.75, 3.05) is 18.8 Å². The second kappa shape index (κ2) is 7.26. The van der Waals surface area contributed by atoms with Crippen molar-refractivity contribution in [3.8, 4) is 12.3 Å². The molecule has 0 bridgehead atoms. The molecule has 0 fully saturated rings. The Labute approximate surface area is 94.0 Å². The molecule has 0 saturated carbocycles. The number of terminal acetylenes is 1. The number of nitrogens with one attached hydrogen (secondary N) is 1. The fraction of sp³-hybridized carbons (Fsp3) is 0.667. The van der Waals surface area contributed by atoms with Crippen LogP contribution in [0.1, 0.15) is 13.3 Å². The molecule has 1 heterocycles. The molecule has 1 aromatic heterocycles. The minimum Gasteiger partial charge on any atom is -0.315 e. The summed E-state index contributed by atoms with van der Waals surface area (Å²) in [6, 6.07) is 0. The van der Waals surface area contributed by atoms with Gasteiger partial charge in [0.1, 0.15) is 0 Å². The number of aromatic nitrogens is 4. The number of nitrogens with zero attached hydrogens (tertiary/aromatic N) is 4.